The van der Waals surface area contributed by atoms with Crippen LogP contribution in [0.4, 0.5) is 30.4 Å². The summed E-state index contributed by atoms with van der Waals surface area (Å²) in [4.78, 5) is 13.2. The summed E-state index contributed by atoms with van der Waals surface area (Å²) >= 11 is 6.35. The van der Waals surface area contributed by atoms with E-state index in [0.29, 0.717) is 11.2 Å². The fourth-order valence-corrected chi connectivity index (χ4v) is 4.39. The third kappa shape index (κ3) is 5.66. The molecule has 0 saturated heterocycles. The van der Waals surface area contributed by atoms with Gasteiger partial charge in [0.1, 0.15) is 0 Å². The number of pyridine rings is 1. The Labute approximate surface area is 229 Å². The molecule has 0 aliphatic rings. The fourth-order valence-electron chi connectivity index (χ4n) is 4.23. The lowest BCUT2D eigenvalue weighted by Crippen LogP contribution is -2.26. The molecule has 5 aromatic rings. The van der Waals surface area contributed by atoms with E-state index in [1.165, 1.54) is 18.2 Å². The van der Waals surface area contributed by atoms with Gasteiger partial charge in [-0.1, -0.05) is 69.3 Å². The Balaban J connectivity index is 1.66. The molecule has 0 spiro atoms. The summed E-state index contributed by atoms with van der Waals surface area (Å²) in [6.45, 7) is 6.42. The molecule has 5 rings (SSSR count). The number of rotatable bonds is 5. The van der Waals surface area contributed by atoms with Gasteiger partial charge in [0, 0.05) is 5.56 Å². The zero-order valence-electron chi connectivity index (χ0n) is 21.5. The summed E-state index contributed by atoms with van der Waals surface area (Å²) in [6, 6.07) is 26.1. The van der Waals surface area contributed by atoms with Crippen LogP contribution in [-0.2, 0) is 11.6 Å². The number of aromatic nitrogens is 3. The van der Waals surface area contributed by atoms with Crippen molar-refractivity contribution in [1.29, 1.82) is 0 Å². The molecule has 39 heavy (non-hydrogen) atoms. The van der Waals surface area contributed by atoms with Crippen LogP contribution in [0.15, 0.2) is 91.0 Å². The molecule has 0 aliphatic heterocycles. The smallest absolute Gasteiger partial charge is 0.292 e. The number of hydrogen-bond donors (Lipinski definition) is 1. The number of alkyl halides is 3. The molecule has 198 valence electrons. The lowest BCUT2D eigenvalue weighted by Gasteiger charge is -2.27. The lowest BCUT2D eigenvalue weighted by molar-refractivity contribution is -0.137. The van der Waals surface area contributed by atoms with Gasteiger partial charge in [-0.2, -0.15) is 23.1 Å². The lowest BCUT2D eigenvalue weighted by atomic mass is 9.87. The molecule has 0 amide bonds. The number of hydrogen-bond acceptors (Lipinski definition) is 5. The van der Waals surface area contributed by atoms with E-state index >= 15 is 0 Å². The van der Waals surface area contributed by atoms with E-state index in [2.05, 4.69) is 41.1 Å². The van der Waals surface area contributed by atoms with Crippen LogP contribution in [0.25, 0.3) is 22.3 Å². The van der Waals surface area contributed by atoms with Gasteiger partial charge >= 0.3 is 6.18 Å². The molecule has 0 fully saturated rings. The highest BCUT2D eigenvalue weighted by atomic mass is 35.5. The van der Waals surface area contributed by atoms with Gasteiger partial charge in [-0.3, -0.25) is 5.43 Å². The Hall–Kier alpha value is -4.17. The van der Waals surface area contributed by atoms with Crippen LogP contribution in [0.3, 0.4) is 0 Å². The molecule has 0 unspecified atom stereocenters. The summed E-state index contributed by atoms with van der Waals surface area (Å²) in [5.41, 5.74) is 5.55. The van der Waals surface area contributed by atoms with Crippen LogP contribution in [0, 0.1) is 0 Å². The second-order valence-electron chi connectivity index (χ2n) is 10.0. The predicted octanol–water partition coefficient (Wildman–Crippen LogP) is 8.83. The van der Waals surface area contributed by atoms with Crippen molar-refractivity contribution in [2.75, 3.05) is 10.4 Å². The summed E-state index contributed by atoms with van der Waals surface area (Å²) in [5.74, 6) is 0.403. The quantitative estimate of drug-likeness (QED) is 0.176. The van der Waals surface area contributed by atoms with Gasteiger partial charge in [0.25, 0.3) is 0 Å². The Morgan fingerprint density at radius 1 is 0.744 bits per heavy atom. The molecular weight excluding hydrogens is 523 g/mol. The van der Waals surface area contributed by atoms with Crippen molar-refractivity contribution in [2.24, 2.45) is 0 Å². The Morgan fingerprint density at radius 3 is 2.08 bits per heavy atom. The first-order valence-corrected chi connectivity index (χ1v) is 12.6. The number of anilines is 3. The molecule has 0 bridgehead atoms. The monoisotopic (exact) mass is 547 g/mol. The molecule has 0 saturated carbocycles. The van der Waals surface area contributed by atoms with Crippen molar-refractivity contribution in [3.05, 3.63) is 107 Å². The van der Waals surface area contributed by atoms with Crippen molar-refractivity contribution in [2.45, 2.75) is 32.4 Å². The van der Waals surface area contributed by atoms with E-state index in [0.717, 1.165) is 23.0 Å². The van der Waals surface area contributed by atoms with Gasteiger partial charge in [0.05, 0.1) is 28.0 Å². The second-order valence-corrected chi connectivity index (χ2v) is 10.4. The first-order chi connectivity index (χ1) is 18.5. The Morgan fingerprint density at radius 2 is 1.41 bits per heavy atom. The summed E-state index contributed by atoms with van der Waals surface area (Å²) < 4.78 is 41.1. The summed E-state index contributed by atoms with van der Waals surface area (Å²) in [6.07, 6.45) is -4.53. The first kappa shape index (κ1) is 26.4. The normalized spacial score (nSPS) is 12.0. The second kappa shape index (κ2) is 10.2. The van der Waals surface area contributed by atoms with Crippen molar-refractivity contribution in [3.63, 3.8) is 0 Å². The number of hydrazine groups is 1. The highest BCUT2D eigenvalue weighted by molar-refractivity contribution is 6.28. The Kier molecular flexibility index (Phi) is 6.91. The van der Waals surface area contributed by atoms with Crippen LogP contribution >= 0.6 is 11.6 Å². The number of nitrogens with one attached hydrogen (secondary N) is 1. The van der Waals surface area contributed by atoms with Gasteiger partial charge in [0.15, 0.2) is 11.5 Å². The average molecular weight is 548 g/mol. The summed E-state index contributed by atoms with van der Waals surface area (Å²) in [5, 5.41) is 2.19. The van der Waals surface area contributed by atoms with Crippen molar-refractivity contribution >= 4 is 39.8 Å². The molecule has 0 aliphatic carbocycles. The fraction of sp³-hybridized carbons (Fsp3) is 0.167. The van der Waals surface area contributed by atoms with Crippen molar-refractivity contribution < 1.29 is 13.2 Å². The molecule has 0 radical (unpaired) electrons. The first-order valence-electron chi connectivity index (χ1n) is 12.2. The van der Waals surface area contributed by atoms with Gasteiger partial charge in [-0.15, -0.1) is 0 Å². The predicted molar refractivity (Wildman–Crippen MR) is 150 cm³/mol. The maximum Gasteiger partial charge on any atom is 0.417 e. The molecule has 2 aromatic heterocycles. The highest BCUT2D eigenvalue weighted by Crippen LogP contribution is 2.38. The van der Waals surface area contributed by atoms with Crippen molar-refractivity contribution in [3.8, 4) is 11.3 Å². The third-order valence-electron chi connectivity index (χ3n) is 6.24. The van der Waals surface area contributed by atoms with E-state index in [1.807, 2.05) is 54.6 Å². The molecule has 2 heterocycles. The van der Waals surface area contributed by atoms with E-state index in [1.54, 1.807) is 17.1 Å². The SMILES string of the molecule is CC(C)(C)c1ccc(N(Nc2ccccc2)c2nc(Cl)nc3nc(-c4ccccc4C(F)(F)F)ccc23)cc1. The topological polar surface area (TPSA) is 53.9 Å². The standard InChI is InChI=1S/C30H25ClF3N5/c1-29(2,3)19-13-15-21(16-14-19)39(38-20-9-5-4-6-10-20)27-23-17-18-25(35-26(23)36-28(31)37-27)22-11-7-8-12-24(22)30(32,33)34/h4-18,38H,1-3H3. The minimum absolute atomic E-state index is 0.0336. The third-order valence-corrected chi connectivity index (χ3v) is 6.41. The molecule has 1 N–H and O–H groups in total. The van der Waals surface area contributed by atoms with Crippen molar-refractivity contribution in [1.82, 2.24) is 15.0 Å². The van der Waals surface area contributed by atoms with Crippen LogP contribution < -0.4 is 10.4 Å². The van der Waals surface area contributed by atoms with E-state index in [4.69, 9.17) is 11.6 Å². The van der Waals surface area contributed by atoms with Crippen LogP contribution in [-0.4, -0.2) is 15.0 Å². The zero-order chi connectivity index (χ0) is 27.8. The molecule has 3 aromatic carbocycles. The van der Waals surface area contributed by atoms with Gasteiger partial charge < -0.3 is 0 Å². The van der Waals surface area contributed by atoms with E-state index in [9.17, 15) is 13.2 Å². The van der Waals surface area contributed by atoms with Crippen LogP contribution in [0.5, 0.6) is 0 Å². The maximum absolute atomic E-state index is 13.7. The number of benzene rings is 3. The molecule has 9 heteroatoms. The Bertz CT molecular complexity index is 1610. The van der Waals surface area contributed by atoms with E-state index < -0.39 is 11.7 Å². The average Bonchev–Trinajstić information content (AvgIpc) is 2.90. The summed E-state index contributed by atoms with van der Waals surface area (Å²) in [7, 11) is 0. The maximum atomic E-state index is 13.7. The number of nitrogens with zero attached hydrogens (tertiary/aromatic N) is 4. The van der Waals surface area contributed by atoms with E-state index in [-0.39, 0.29) is 27.6 Å². The minimum Gasteiger partial charge on any atom is -0.292 e. The van der Waals surface area contributed by atoms with Gasteiger partial charge in [-0.05, 0) is 65.0 Å². The minimum atomic E-state index is -4.53. The number of para-hydroxylation sites is 1. The zero-order valence-corrected chi connectivity index (χ0v) is 22.2. The van der Waals surface area contributed by atoms with Gasteiger partial charge in [-0.25, -0.2) is 9.99 Å². The largest absolute Gasteiger partial charge is 0.417 e. The number of fused-ring (bicyclic) bond motifs is 1. The molecular formula is C30H25ClF3N5. The molecule has 5 nitrogen and oxygen atoms in total. The number of halogens is 4. The highest BCUT2D eigenvalue weighted by Gasteiger charge is 2.33. The van der Waals surface area contributed by atoms with Crippen LogP contribution in [0.2, 0.25) is 5.28 Å². The van der Waals surface area contributed by atoms with Gasteiger partial charge in [0.2, 0.25) is 5.28 Å². The molecule has 0 atom stereocenters. The van der Waals surface area contributed by atoms with Crippen LogP contribution in [0.1, 0.15) is 31.9 Å².